The van der Waals surface area contributed by atoms with E-state index in [1.807, 2.05) is 12.1 Å². The van der Waals surface area contributed by atoms with Crippen LogP contribution in [0, 0.1) is 5.92 Å². The second kappa shape index (κ2) is 7.08. The van der Waals surface area contributed by atoms with Gasteiger partial charge in [-0.2, -0.15) is 8.78 Å². The van der Waals surface area contributed by atoms with Gasteiger partial charge in [-0.15, -0.1) is 0 Å². The Balaban J connectivity index is 1.73. The third kappa shape index (κ3) is 4.07. The number of rotatable bonds is 3. The van der Waals surface area contributed by atoms with Crippen molar-refractivity contribution in [1.29, 1.82) is 0 Å². The molecule has 0 aromatic heterocycles. The highest BCUT2D eigenvalue weighted by Gasteiger charge is 2.19. The number of hydrogen-bond acceptors (Lipinski definition) is 0. The third-order valence-corrected chi connectivity index (χ3v) is 4.92. The molecule has 120 valence electrons. The Bertz CT molecular complexity index is 656. The second-order valence-corrected chi connectivity index (χ2v) is 6.63. The zero-order chi connectivity index (χ0) is 16.2. The van der Waals surface area contributed by atoms with E-state index in [2.05, 4.69) is 31.2 Å². The van der Waals surface area contributed by atoms with Crippen molar-refractivity contribution in [3.8, 4) is 11.1 Å². The van der Waals surface area contributed by atoms with Crippen molar-refractivity contribution < 1.29 is 8.78 Å². The van der Waals surface area contributed by atoms with Gasteiger partial charge in [0.2, 0.25) is 0 Å². The van der Waals surface area contributed by atoms with E-state index in [9.17, 15) is 8.78 Å². The van der Waals surface area contributed by atoms with E-state index in [4.69, 9.17) is 0 Å². The van der Waals surface area contributed by atoms with Crippen molar-refractivity contribution in [2.75, 3.05) is 0 Å². The molecular formula is C21H22F2. The van der Waals surface area contributed by atoms with Gasteiger partial charge in [0.25, 0.3) is 6.08 Å². The van der Waals surface area contributed by atoms with Gasteiger partial charge in [0.15, 0.2) is 0 Å². The smallest absolute Gasteiger partial charge is 0.173 e. The molecule has 0 aliphatic heterocycles. The molecule has 1 fully saturated rings. The molecule has 0 bridgehead atoms. The lowest BCUT2D eigenvalue weighted by Gasteiger charge is -2.26. The molecule has 3 rings (SSSR count). The van der Waals surface area contributed by atoms with Gasteiger partial charge in [0, 0.05) is 6.08 Å². The van der Waals surface area contributed by atoms with Crippen LogP contribution in [-0.2, 0) is 0 Å². The summed E-state index contributed by atoms with van der Waals surface area (Å²) in [7, 11) is 0. The van der Waals surface area contributed by atoms with Crippen molar-refractivity contribution in [3.63, 3.8) is 0 Å². The summed E-state index contributed by atoms with van der Waals surface area (Å²) < 4.78 is 24.5. The monoisotopic (exact) mass is 312 g/mol. The molecule has 2 aromatic carbocycles. The van der Waals surface area contributed by atoms with Gasteiger partial charge in [0.1, 0.15) is 0 Å². The molecule has 0 amide bonds. The predicted octanol–water partition coefficient (Wildman–Crippen LogP) is 6.88. The fourth-order valence-corrected chi connectivity index (χ4v) is 3.44. The van der Waals surface area contributed by atoms with E-state index >= 15 is 0 Å². The average molecular weight is 312 g/mol. The highest BCUT2D eigenvalue weighted by atomic mass is 19.3. The quantitative estimate of drug-likeness (QED) is 0.579. The molecule has 1 aliphatic rings. The first-order valence-corrected chi connectivity index (χ1v) is 8.35. The van der Waals surface area contributed by atoms with Crippen LogP contribution in [0.25, 0.3) is 17.2 Å². The lowest BCUT2D eigenvalue weighted by molar-refractivity contribution is 0.348. The molecule has 2 heteroatoms. The topological polar surface area (TPSA) is 0 Å². The summed E-state index contributed by atoms with van der Waals surface area (Å²) in [5.74, 6) is 1.56. The summed E-state index contributed by atoms with van der Waals surface area (Å²) in [4.78, 5) is 0. The molecule has 0 N–H and O–H groups in total. The maximum atomic E-state index is 12.3. The van der Waals surface area contributed by atoms with E-state index in [1.54, 1.807) is 12.1 Å². The summed E-state index contributed by atoms with van der Waals surface area (Å²) in [5, 5.41) is 0. The molecule has 1 saturated carbocycles. The molecule has 0 saturated heterocycles. The minimum absolute atomic E-state index is 0.529. The Kier molecular flexibility index (Phi) is 4.90. The molecule has 0 radical (unpaired) electrons. The Morgan fingerprint density at radius 3 is 1.87 bits per heavy atom. The summed E-state index contributed by atoms with van der Waals surface area (Å²) in [6.45, 7) is 2.34. The first-order valence-electron chi connectivity index (χ1n) is 8.35. The SMILES string of the molecule is C[C@H]1CC[C@H](c2ccc(-c3ccc(C=C(F)F)cc3)cc2)CC1. The Morgan fingerprint density at radius 1 is 0.826 bits per heavy atom. The molecule has 0 nitrogen and oxygen atoms in total. The highest BCUT2D eigenvalue weighted by molar-refractivity contribution is 5.66. The van der Waals surface area contributed by atoms with Crippen molar-refractivity contribution in [3.05, 3.63) is 65.7 Å². The molecule has 0 spiro atoms. The summed E-state index contributed by atoms with van der Waals surface area (Å²) in [6.07, 6.45) is 4.45. The first kappa shape index (κ1) is 15.9. The zero-order valence-corrected chi connectivity index (χ0v) is 13.4. The van der Waals surface area contributed by atoms with E-state index < -0.39 is 6.08 Å². The molecule has 2 aromatic rings. The molecule has 0 unspecified atom stereocenters. The van der Waals surface area contributed by atoms with Crippen molar-refractivity contribution in [2.45, 2.75) is 38.5 Å². The van der Waals surface area contributed by atoms with E-state index in [-0.39, 0.29) is 0 Å². The van der Waals surface area contributed by atoms with Gasteiger partial charge in [-0.05, 0) is 46.9 Å². The van der Waals surface area contributed by atoms with Gasteiger partial charge in [-0.1, -0.05) is 68.3 Å². The van der Waals surface area contributed by atoms with Crippen LogP contribution in [0.4, 0.5) is 8.78 Å². The van der Waals surface area contributed by atoms with Crippen LogP contribution in [-0.4, -0.2) is 0 Å². The zero-order valence-electron chi connectivity index (χ0n) is 13.4. The first-order chi connectivity index (χ1) is 11.1. The van der Waals surface area contributed by atoms with Gasteiger partial charge in [0.05, 0.1) is 0 Å². The van der Waals surface area contributed by atoms with E-state index in [0.717, 1.165) is 23.1 Å². The molecular weight excluding hydrogens is 290 g/mol. The highest BCUT2D eigenvalue weighted by Crippen LogP contribution is 2.36. The van der Waals surface area contributed by atoms with Crippen LogP contribution in [0.5, 0.6) is 0 Å². The van der Waals surface area contributed by atoms with Crippen LogP contribution in [0.2, 0.25) is 0 Å². The van der Waals surface area contributed by atoms with Crippen LogP contribution < -0.4 is 0 Å². The molecule has 23 heavy (non-hydrogen) atoms. The van der Waals surface area contributed by atoms with Gasteiger partial charge in [-0.25, -0.2) is 0 Å². The Morgan fingerprint density at radius 2 is 1.35 bits per heavy atom. The molecule has 1 aliphatic carbocycles. The molecule has 0 heterocycles. The second-order valence-electron chi connectivity index (χ2n) is 6.63. The predicted molar refractivity (Wildman–Crippen MR) is 92.4 cm³/mol. The Labute approximate surface area is 136 Å². The summed E-state index contributed by atoms with van der Waals surface area (Å²) in [6, 6.07) is 16.0. The molecule has 0 atom stereocenters. The minimum Gasteiger partial charge on any atom is -0.173 e. The van der Waals surface area contributed by atoms with E-state index in [1.165, 1.54) is 31.2 Å². The van der Waals surface area contributed by atoms with Crippen molar-refractivity contribution >= 4 is 6.08 Å². The maximum Gasteiger partial charge on any atom is 0.270 e. The van der Waals surface area contributed by atoms with Crippen LogP contribution in [0.1, 0.15) is 49.7 Å². The average Bonchev–Trinajstić information content (AvgIpc) is 2.56. The third-order valence-electron chi connectivity index (χ3n) is 4.92. The normalized spacial score (nSPS) is 21.0. The fraction of sp³-hybridized carbons (Fsp3) is 0.333. The lowest BCUT2D eigenvalue weighted by Crippen LogP contribution is -2.10. The van der Waals surface area contributed by atoms with Crippen molar-refractivity contribution in [2.24, 2.45) is 5.92 Å². The van der Waals surface area contributed by atoms with E-state index in [0.29, 0.717) is 11.5 Å². The summed E-state index contributed by atoms with van der Waals surface area (Å²) >= 11 is 0. The minimum atomic E-state index is -1.66. The lowest BCUT2D eigenvalue weighted by atomic mass is 9.79. The maximum absolute atomic E-state index is 12.3. The largest absolute Gasteiger partial charge is 0.270 e. The van der Waals surface area contributed by atoms with Gasteiger partial charge in [-0.3, -0.25) is 0 Å². The van der Waals surface area contributed by atoms with Crippen molar-refractivity contribution in [1.82, 2.24) is 0 Å². The number of halogens is 2. The van der Waals surface area contributed by atoms with Crippen LogP contribution in [0.15, 0.2) is 54.6 Å². The van der Waals surface area contributed by atoms with Gasteiger partial charge >= 0.3 is 0 Å². The standard InChI is InChI=1S/C21H22F2/c1-15-2-6-17(7-3-15)19-10-12-20(13-11-19)18-8-4-16(5-9-18)14-21(22)23/h4-5,8-15,17H,2-3,6-7H2,1H3/t15-,17-. The van der Waals surface area contributed by atoms with Crippen LogP contribution in [0.3, 0.4) is 0 Å². The van der Waals surface area contributed by atoms with Gasteiger partial charge < -0.3 is 0 Å². The number of benzene rings is 2. The number of hydrogen-bond donors (Lipinski definition) is 0. The van der Waals surface area contributed by atoms with Crippen LogP contribution >= 0.6 is 0 Å². The summed E-state index contributed by atoms with van der Waals surface area (Å²) in [5.41, 5.74) is 4.15. The Hall–Kier alpha value is -1.96. The fourth-order valence-electron chi connectivity index (χ4n) is 3.44.